The third kappa shape index (κ3) is 3.95. The molecule has 1 fully saturated rings. The van der Waals surface area contributed by atoms with Crippen molar-refractivity contribution in [2.24, 2.45) is 5.92 Å². The number of hydrogen-bond acceptors (Lipinski definition) is 5. The lowest BCUT2D eigenvalue weighted by Crippen LogP contribution is -2.40. The van der Waals surface area contributed by atoms with Gasteiger partial charge in [0.25, 0.3) is 0 Å². The first-order valence-corrected chi connectivity index (χ1v) is 9.86. The minimum absolute atomic E-state index is 0.193. The molecule has 0 amide bonds. The lowest BCUT2D eigenvalue weighted by atomic mass is 9.89. The van der Waals surface area contributed by atoms with Crippen LogP contribution in [0.15, 0.2) is 42.9 Å². The summed E-state index contributed by atoms with van der Waals surface area (Å²) in [5.74, 6) is -1.22. The Labute approximate surface area is 176 Å². The Morgan fingerprint density at radius 1 is 1.27 bits per heavy atom. The van der Waals surface area contributed by atoms with E-state index in [0.717, 1.165) is 5.69 Å². The number of methoxy groups -OCH3 is 1. The molecule has 0 N–H and O–H groups in total. The number of rotatable bonds is 6. The summed E-state index contributed by atoms with van der Waals surface area (Å²) in [5.41, 5.74) is -1.52. The summed E-state index contributed by atoms with van der Waals surface area (Å²) in [6.07, 6.45) is 4.14. The summed E-state index contributed by atoms with van der Waals surface area (Å²) >= 11 is 0. The topological polar surface area (TPSA) is 74.8 Å². The molecule has 1 unspecified atom stereocenters. The number of para-hydroxylation sites is 1. The molecule has 0 spiro atoms. The minimum Gasteiger partial charge on any atom is -0.468 e. The van der Waals surface area contributed by atoms with Crippen LogP contribution in [-0.4, -0.2) is 39.7 Å². The van der Waals surface area contributed by atoms with E-state index in [1.807, 2.05) is 41.1 Å². The van der Waals surface area contributed by atoms with Crippen molar-refractivity contribution in [1.82, 2.24) is 9.55 Å². The first kappa shape index (κ1) is 21.6. The molecular weight excluding hydrogens is 382 g/mol. The van der Waals surface area contributed by atoms with Crippen molar-refractivity contribution < 1.29 is 19.1 Å². The fourth-order valence-electron chi connectivity index (χ4n) is 3.76. The number of benzene rings is 1. The quantitative estimate of drug-likeness (QED) is 0.537. The summed E-state index contributed by atoms with van der Waals surface area (Å²) in [6, 6.07) is 9.66. The van der Waals surface area contributed by atoms with Gasteiger partial charge < -0.3 is 14.0 Å². The molecule has 0 radical (unpaired) electrons. The molecule has 1 heterocycles. The molecule has 0 bridgehead atoms. The largest absolute Gasteiger partial charge is 0.468 e. The van der Waals surface area contributed by atoms with Crippen molar-refractivity contribution in [2.45, 2.75) is 57.1 Å². The van der Waals surface area contributed by atoms with Crippen LogP contribution in [0.25, 0.3) is 10.5 Å². The number of hydrogen-bond donors (Lipinski definition) is 0. The van der Waals surface area contributed by atoms with Gasteiger partial charge >= 0.3 is 17.5 Å². The van der Waals surface area contributed by atoms with Crippen LogP contribution in [0.4, 0.5) is 0 Å². The molecule has 1 aliphatic carbocycles. The van der Waals surface area contributed by atoms with Gasteiger partial charge in [0.2, 0.25) is 0 Å². The van der Waals surface area contributed by atoms with E-state index in [0.29, 0.717) is 12.1 Å². The van der Waals surface area contributed by atoms with Gasteiger partial charge in [-0.3, -0.25) is 9.64 Å². The highest BCUT2D eigenvalue weighted by atomic mass is 16.6. The van der Waals surface area contributed by atoms with Gasteiger partial charge in [-0.15, -0.1) is 0 Å². The van der Waals surface area contributed by atoms with Gasteiger partial charge in [0, 0.05) is 25.2 Å². The Morgan fingerprint density at radius 2 is 1.93 bits per heavy atom. The monoisotopic (exact) mass is 409 g/mol. The maximum Gasteiger partial charge on any atom is 0.393 e. The number of ether oxygens (including phenoxy) is 2. The summed E-state index contributed by atoms with van der Waals surface area (Å²) in [7, 11) is 1.34. The molecular formula is C23H27N3O4. The van der Waals surface area contributed by atoms with E-state index in [1.165, 1.54) is 7.11 Å². The van der Waals surface area contributed by atoms with Crippen LogP contribution < -0.4 is 0 Å². The van der Waals surface area contributed by atoms with Crippen LogP contribution >= 0.6 is 0 Å². The van der Waals surface area contributed by atoms with Crippen LogP contribution in [0.1, 0.15) is 46.2 Å². The number of aromatic nitrogens is 2. The Hall–Kier alpha value is -3.14. The van der Waals surface area contributed by atoms with Crippen LogP contribution in [0.5, 0.6) is 0 Å². The van der Waals surface area contributed by atoms with E-state index >= 15 is 0 Å². The molecule has 1 aromatic heterocycles. The highest BCUT2D eigenvalue weighted by molar-refractivity contribution is 5.88. The predicted molar refractivity (Wildman–Crippen MR) is 111 cm³/mol. The Kier molecular flexibility index (Phi) is 5.46. The molecule has 7 heteroatoms. The molecule has 1 aromatic carbocycles. The van der Waals surface area contributed by atoms with Gasteiger partial charge in [-0.2, -0.15) is 0 Å². The fraction of sp³-hybridized carbons (Fsp3) is 0.478. The fourth-order valence-corrected chi connectivity index (χ4v) is 3.76. The van der Waals surface area contributed by atoms with Gasteiger partial charge in [0.05, 0.1) is 19.1 Å². The van der Waals surface area contributed by atoms with Gasteiger partial charge in [0.15, 0.2) is 0 Å². The second-order valence-corrected chi connectivity index (χ2v) is 8.96. The normalized spacial score (nSPS) is 22.5. The summed E-state index contributed by atoms with van der Waals surface area (Å²) in [6.45, 7) is 14.5. The first-order chi connectivity index (χ1) is 14.1. The van der Waals surface area contributed by atoms with Crippen LogP contribution in [0.2, 0.25) is 0 Å². The molecule has 1 saturated carbocycles. The molecule has 30 heavy (non-hydrogen) atoms. The van der Waals surface area contributed by atoms with E-state index in [9.17, 15) is 9.59 Å². The Balaban J connectivity index is 1.87. The van der Waals surface area contributed by atoms with Crippen molar-refractivity contribution in [3.8, 4) is 5.69 Å². The molecule has 1 aliphatic rings. The van der Waals surface area contributed by atoms with E-state index < -0.39 is 28.5 Å². The van der Waals surface area contributed by atoms with Crippen molar-refractivity contribution in [1.29, 1.82) is 0 Å². The lowest BCUT2D eigenvalue weighted by Gasteiger charge is -2.24. The van der Waals surface area contributed by atoms with Gasteiger partial charge in [0.1, 0.15) is 11.0 Å². The van der Waals surface area contributed by atoms with Gasteiger partial charge in [-0.05, 0) is 45.2 Å². The molecule has 2 aromatic rings. The zero-order chi connectivity index (χ0) is 22.2. The smallest absolute Gasteiger partial charge is 0.393 e. The lowest BCUT2D eigenvalue weighted by molar-refractivity contribution is -0.160. The minimum atomic E-state index is -1.38. The third-order valence-corrected chi connectivity index (χ3v) is 5.48. The average molecular weight is 409 g/mol. The van der Waals surface area contributed by atoms with E-state index in [-0.39, 0.29) is 12.3 Å². The Morgan fingerprint density at radius 3 is 2.50 bits per heavy atom. The molecule has 7 nitrogen and oxygen atoms in total. The van der Waals surface area contributed by atoms with Gasteiger partial charge in [-0.1, -0.05) is 18.2 Å². The highest BCUT2D eigenvalue weighted by Crippen LogP contribution is 2.58. The van der Waals surface area contributed by atoms with Crippen molar-refractivity contribution in [2.75, 3.05) is 7.11 Å². The molecule has 0 saturated heterocycles. The van der Waals surface area contributed by atoms with Crippen LogP contribution in [-0.2, 0) is 24.5 Å². The molecule has 158 valence electrons. The maximum atomic E-state index is 12.8. The number of carbonyl (C=O) groups is 2. The average Bonchev–Trinajstić information content (AvgIpc) is 3.19. The second kappa shape index (κ2) is 7.60. The number of carbonyl (C=O) groups excluding carboxylic acids is 2. The van der Waals surface area contributed by atoms with Crippen LogP contribution in [0.3, 0.4) is 0 Å². The Bertz CT molecular complexity index is 986. The van der Waals surface area contributed by atoms with Crippen molar-refractivity contribution in [3.63, 3.8) is 0 Å². The molecule has 3 atom stereocenters. The SMILES string of the molecule is [C-]#[N+]C(C)(C[C@H]1C[C@]1(C(=O)OC)c1cn(-c2ccccc2)cn1)C(=O)OC(C)(C)C. The highest BCUT2D eigenvalue weighted by Gasteiger charge is 2.67. The summed E-state index contributed by atoms with van der Waals surface area (Å²) < 4.78 is 12.4. The molecule has 3 rings (SSSR count). The maximum absolute atomic E-state index is 12.8. The standard InChI is InChI=1S/C23H27N3O4/c1-21(2,3)30-19(27)22(4,24-5)12-16-13-23(16,20(28)29-6)18-14-26(15-25-18)17-10-8-7-9-11-17/h7-11,14-16H,12-13H2,1-4,6H3/t16-,22?,23+/m0/s1. The number of esters is 2. The second-order valence-electron chi connectivity index (χ2n) is 8.96. The van der Waals surface area contributed by atoms with E-state index in [4.69, 9.17) is 16.0 Å². The first-order valence-electron chi connectivity index (χ1n) is 9.86. The zero-order valence-corrected chi connectivity index (χ0v) is 18.0. The molecule has 0 aliphatic heterocycles. The third-order valence-electron chi connectivity index (χ3n) is 5.48. The van der Waals surface area contributed by atoms with E-state index in [2.05, 4.69) is 9.83 Å². The zero-order valence-electron chi connectivity index (χ0n) is 18.0. The predicted octanol–water partition coefficient (Wildman–Crippen LogP) is 3.71. The number of imidazole rings is 1. The van der Waals surface area contributed by atoms with Gasteiger partial charge in [-0.25, -0.2) is 16.4 Å². The summed E-state index contributed by atoms with van der Waals surface area (Å²) in [5, 5.41) is 0. The van der Waals surface area contributed by atoms with Crippen molar-refractivity contribution >= 4 is 11.9 Å². The van der Waals surface area contributed by atoms with Crippen LogP contribution in [0, 0.1) is 12.5 Å². The van der Waals surface area contributed by atoms with E-state index in [1.54, 1.807) is 34.0 Å². The summed E-state index contributed by atoms with van der Waals surface area (Å²) in [4.78, 5) is 33.5. The number of nitrogens with zero attached hydrogens (tertiary/aromatic N) is 3. The van der Waals surface area contributed by atoms with Crippen molar-refractivity contribution in [3.05, 3.63) is 60.0 Å².